The second kappa shape index (κ2) is 5.90. The summed E-state index contributed by atoms with van der Waals surface area (Å²) in [5.41, 5.74) is -0.133. The minimum Gasteiger partial charge on any atom is -0.497 e. The molecule has 7 heteroatoms. The molecule has 0 saturated carbocycles. The minimum absolute atomic E-state index is 0.207. The van der Waals surface area contributed by atoms with E-state index in [0.717, 1.165) is 5.56 Å². The van der Waals surface area contributed by atoms with Gasteiger partial charge in [-0.3, -0.25) is 4.79 Å². The first-order valence-electron chi connectivity index (χ1n) is 6.64. The van der Waals surface area contributed by atoms with Crippen LogP contribution in [0.1, 0.15) is 20.3 Å². The molecule has 2 aromatic rings. The van der Waals surface area contributed by atoms with Crippen molar-refractivity contribution >= 4 is 5.97 Å². The van der Waals surface area contributed by atoms with Crippen molar-refractivity contribution in [2.24, 2.45) is 5.41 Å². The highest BCUT2D eigenvalue weighted by Crippen LogP contribution is 2.27. The molecular weight excluding hydrogens is 272 g/mol. The lowest BCUT2D eigenvalue weighted by atomic mass is 9.88. The molecule has 1 aromatic carbocycles. The summed E-state index contributed by atoms with van der Waals surface area (Å²) in [6.07, 6.45) is 0.486. The molecule has 21 heavy (non-hydrogen) atoms. The highest BCUT2D eigenvalue weighted by atomic mass is 16.5. The number of benzene rings is 1. The lowest BCUT2D eigenvalue weighted by Crippen LogP contribution is -2.32. The zero-order valence-electron chi connectivity index (χ0n) is 12.3. The van der Waals surface area contributed by atoms with E-state index in [1.165, 1.54) is 4.68 Å². The molecule has 7 nitrogen and oxygen atoms in total. The van der Waals surface area contributed by atoms with Crippen molar-refractivity contribution in [3.8, 4) is 17.1 Å². The number of carbonyl (C=O) groups is 1. The number of methoxy groups -OCH3 is 1. The van der Waals surface area contributed by atoms with Crippen LogP contribution in [0.15, 0.2) is 24.3 Å². The fraction of sp³-hybridized carbons (Fsp3) is 0.429. The summed E-state index contributed by atoms with van der Waals surface area (Å²) in [4.78, 5) is 11.4. The number of ether oxygens (including phenoxy) is 1. The van der Waals surface area contributed by atoms with Gasteiger partial charge >= 0.3 is 5.97 Å². The Morgan fingerprint density at radius 2 is 2.24 bits per heavy atom. The number of rotatable bonds is 6. The number of hydrogen-bond acceptors (Lipinski definition) is 5. The van der Waals surface area contributed by atoms with Crippen molar-refractivity contribution < 1.29 is 14.6 Å². The van der Waals surface area contributed by atoms with Gasteiger partial charge in [-0.2, -0.15) is 0 Å². The number of nitrogens with zero attached hydrogens (tertiary/aromatic N) is 4. The largest absolute Gasteiger partial charge is 0.497 e. The topological polar surface area (TPSA) is 90.1 Å². The van der Waals surface area contributed by atoms with Gasteiger partial charge < -0.3 is 9.84 Å². The van der Waals surface area contributed by atoms with E-state index < -0.39 is 11.4 Å². The van der Waals surface area contributed by atoms with Crippen LogP contribution >= 0.6 is 0 Å². The van der Waals surface area contributed by atoms with Gasteiger partial charge in [-0.15, -0.1) is 5.10 Å². The van der Waals surface area contributed by atoms with Crippen LogP contribution in [0.2, 0.25) is 0 Å². The average molecular weight is 290 g/mol. The molecule has 1 aromatic heterocycles. The second-order valence-electron chi connectivity index (χ2n) is 5.11. The van der Waals surface area contributed by atoms with Crippen LogP contribution in [0.3, 0.4) is 0 Å². The number of carboxylic acids is 1. The van der Waals surface area contributed by atoms with Crippen LogP contribution in [0.4, 0.5) is 0 Å². The van der Waals surface area contributed by atoms with Gasteiger partial charge in [-0.05, 0) is 35.9 Å². The lowest BCUT2D eigenvalue weighted by molar-refractivity contribution is -0.149. The van der Waals surface area contributed by atoms with Gasteiger partial charge in [0.15, 0.2) is 5.82 Å². The molecule has 0 amide bonds. The Bertz CT molecular complexity index is 641. The Hall–Kier alpha value is -2.44. The molecule has 1 heterocycles. The molecule has 1 unspecified atom stereocenters. The van der Waals surface area contributed by atoms with Crippen LogP contribution in [0, 0.1) is 5.41 Å². The first-order valence-corrected chi connectivity index (χ1v) is 6.64. The Morgan fingerprint density at radius 1 is 1.48 bits per heavy atom. The number of aromatic nitrogens is 4. The summed E-state index contributed by atoms with van der Waals surface area (Å²) < 4.78 is 6.70. The first kappa shape index (κ1) is 15.0. The third kappa shape index (κ3) is 3.01. The second-order valence-corrected chi connectivity index (χ2v) is 5.11. The van der Waals surface area contributed by atoms with Crippen LogP contribution < -0.4 is 4.74 Å². The molecule has 0 fully saturated rings. The zero-order chi connectivity index (χ0) is 15.5. The van der Waals surface area contributed by atoms with E-state index in [0.29, 0.717) is 18.0 Å². The van der Waals surface area contributed by atoms with Crippen molar-refractivity contribution in [1.82, 2.24) is 20.2 Å². The Kier molecular flexibility index (Phi) is 4.21. The quantitative estimate of drug-likeness (QED) is 0.873. The molecule has 0 aliphatic heterocycles. The summed E-state index contributed by atoms with van der Waals surface area (Å²) in [6.45, 7) is 3.73. The summed E-state index contributed by atoms with van der Waals surface area (Å²) in [7, 11) is 1.58. The standard InChI is InChI=1S/C14H18N4O3/c1-4-14(2,13(19)20)9-18-12(15-16-17-18)10-6-5-7-11(8-10)21-3/h5-8H,4,9H2,1-3H3,(H,19,20). The van der Waals surface area contributed by atoms with E-state index in [-0.39, 0.29) is 6.54 Å². The molecule has 2 rings (SSSR count). The van der Waals surface area contributed by atoms with Gasteiger partial charge in [0, 0.05) is 5.56 Å². The number of hydrogen-bond donors (Lipinski definition) is 1. The predicted molar refractivity (Wildman–Crippen MR) is 75.8 cm³/mol. The van der Waals surface area contributed by atoms with Crippen LogP contribution in [-0.2, 0) is 11.3 Å². The molecule has 0 aliphatic carbocycles. The highest BCUT2D eigenvalue weighted by molar-refractivity contribution is 5.74. The maximum atomic E-state index is 11.4. The van der Waals surface area contributed by atoms with E-state index in [1.54, 1.807) is 14.0 Å². The van der Waals surface area contributed by atoms with Gasteiger partial charge in [0.25, 0.3) is 0 Å². The van der Waals surface area contributed by atoms with Gasteiger partial charge in [0.2, 0.25) is 0 Å². The first-order chi connectivity index (χ1) is 10.00. The molecule has 0 saturated heterocycles. The van der Waals surface area contributed by atoms with Gasteiger partial charge in [0.1, 0.15) is 5.75 Å². The summed E-state index contributed by atoms with van der Waals surface area (Å²) in [5.74, 6) is 0.352. The van der Waals surface area contributed by atoms with Crippen LogP contribution in [0.25, 0.3) is 11.4 Å². The molecule has 0 radical (unpaired) electrons. The molecule has 0 spiro atoms. The zero-order valence-corrected chi connectivity index (χ0v) is 12.3. The number of tetrazole rings is 1. The fourth-order valence-electron chi connectivity index (χ4n) is 1.94. The van der Waals surface area contributed by atoms with E-state index in [4.69, 9.17) is 4.74 Å². The monoisotopic (exact) mass is 290 g/mol. The van der Waals surface area contributed by atoms with Crippen LogP contribution in [-0.4, -0.2) is 38.4 Å². The van der Waals surface area contributed by atoms with Crippen molar-refractivity contribution in [3.63, 3.8) is 0 Å². The Morgan fingerprint density at radius 3 is 2.86 bits per heavy atom. The van der Waals surface area contributed by atoms with Crippen molar-refractivity contribution in [1.29, 1.82) is 0 Å². The van der Waals surface area contributed by atoms with Gasteiger partial charge in [-0.1, -0.05) is 19.1 Å². The Balaban J connectivity index is 2.36. The predicted octanol–water partition coefficient (Wildman–Crippen LogP) is 1.85. The normalized spacial score (nSPS) is 13.7. The van der Waals surface area contributed by atoms with E-state index in [1.807, 2.05) is 31.2 Å². The smallest absolute Gasteiger partial charge is 0.311 e. The third-order valence-electron chi connectivity index (χ3n) is 3.66. The van der Waals surface area contributed by atoms with Crippen LogP contribution in [0.5, 0.6) is 5.75 Å². The summed E-state index contributed by atoms with van der Waals surface area (Å²) in [6, 6.07) is 7.33. The van der Waals surface area contributed by atoms with Crippen molar-refractivity contribution in [3.05, 3.63) is 24.3 Å². The third-order valence-corrected chi connectivity index (χ3v) is 3.66. The molecule has 0 bridgehead atoms. The fourth-order valence-corrected chi connectivity index (χ4v) is 1.94. The summed E-state index contributed by atoms with van der Waals surface area (Å²) in [5, 5.41) is 20.9. The molecule has 1 atom stereocenters. The number of aliphatic carboxylic acids is 1. The SMILES string of the molecule is CCC(C)(Cn1nnnc1-c1cccc(OC)c1)C(=O)O. The van der Waals surface area contributed by atoms with E-state index in [2.05, 4.69) is 15.5 Å². The maximum Gasteiger partial charge on any atom is 0.311 e. The highest BCUT2D eigenvalue weighted by Gasteiger charge is 2.33. The molecule has 112 valence electrons. The Labute approximate surface area is 122 Å². The number of carboxylic acid groups (broad SMARTS) is 1. The molecular formula is C14H18N4O3. The molecule has 0 aliphatic rings. The van der Waals surface area contributed by atoms with E-state index >= 15 is 0 Å². The summed E-state index contributed by atoms with van der Waals surface area (Å²) >= 11 is 0. The molecule has 1 N–H and O–H groups in total. The average Bonchev–Trinajstić information content (AvgIpc) is 2.94. The van der Waals surface area contributed by atoms with Crippen molar-refractivity contribution in [2.45, 2.75) is 26.8 Å². The van der Waals surface area contributed by atoms with Gasteiger partial charge in [-0.25, -0.2) is 4.68 Å². The maximum absolute atomic E-state index is 11.4. The van der Waals surface area contributed by atoms with Crippen molar-refractivity contribution in [2.75, 3.05) is 7.11 Å². The van der Waals surface area contributed by atoms with E-state index in [9.17, 15) is 9.90 Å². The minimum atomic E-state index is -0.914. The lowest BCUT2D eigenvalue weighted by Gasteiger charge is -2.22. The van der Waals surface area contributed by atoms with Gasteiger partial charge in [0.05, 0.1) is 19.1 Å².